The molecule has 1 amide bonds. The average Bonchev–Trinajstić information content (AvgIpc) is 2.48. The van der Waals surface area contributed by atoms with Gasteiger partial charge in [0.15, 0.2) is 0 Å². The molecule has 1 heterocycles. The lowest BCUT2D eigenvalue weighted by atomic mass is 10.1. The number of nitrogens with zero attached hydrogens (tertiary/aromatic N) is 2. The van der Waals surface area contributed by atoms with Crippen LogP contribution in [-0.4, -0.2) is 55.1 Å². The Morgan fingerprint density at radius 2 is 2.07 bits per heavy atom. The van der Waals surface area contributed by atoms with Crippen LogP contribution in [-0.2, 0) is 4.79 Å². The highest BCUT2D eigenvalue weighted by Crippen LogP contribution is 2.12. The number of likely N-dealkylation sites (N-methyl/N-ethyl adjacent to an activating group) is 1. The van der Waals surface area contributed by atoms with Crippen molar-refractivity contribution in [2.75, 3.05) is 27.3 Å². The Balaban J connectivity index is 2.50. The summed E-state index contributed by atoms with van der Waals surface area (Å²) in [7, 11) is 4.08. The molecule has 0 aliphatic carbocycles. The zero-order chi connectivity index (χ0) is 11.6. The first kappa shape index (κ1) is 12.5. The van der Waals surface area contributed by atoms with Crippen LogP contribution in [0.2, 0.25) is 0 Å². The van der Waals surface area contributed by atoms with Crippen molar-refractivity contribution in [1.82, 2.24) is 15.1 Å². The molecular formula is C11H23N3O. The van der Waals surface area contributed by atoms with E-state index in [1.807, 2.05) is 19.0 Å². The highest BCUT2D eigenvalue weighted by molar-refractivity contribution is 5.84. The van der Waals surface area contributed by atoms with Crippen LogP contribution in [0.3, 0.4) is 0 Å². The van der Waals surface area contributed by atoms with Gasteiger partial charge in [-0.1, -0.05) is 13.8 Å². The summed E-state index contributed by atoms with van der Waals surface area (Å²) in [4.78, 5) is 16.0. The first-order valence-corrected chi connectivity index (χ1v) is 5.62. The van der Waals surface area contributed by atoms with Crippen molar-refractivity contribution in [3.8, 4) is 0 Å². The Kier molecular flexibility index (Phi) is 4.11. The van der Waals surface area contributed by atoms with Crippen molar-refractivity contribution in [3.63, 3.8) is 0 Å². The van der Waals surface area contributed by atoms with Gasteiger partial charge in [-0.2, -0.15) is 0 Å². The molecule has 2 atom stereocenters. The highest BCUT2D eigenvalue weighted by atomic mass is 16.2. The van der Waals surface area contributed by atoms with E-state index in [9.17, 15) is 4.79 Å². The zero-order valence-electron chi connectivity index (χ0n) is 10.4. The van der Waals surface area contributed by atoms with Gasteiger partial charge in [-0.25, -0.2) is 0 Å². The molecule has 0 saturated carbocycles. The van der Waals surface area contributed by atoms with Crippen molar-refractivity contribution in [1.29, 1.82) is 0 Å². The third-order valence-corrected chi connectivity index (χ3v) is 3.11. The number of carbonyl (C=O) groups excluding carboxylic acids is 1. The van der Waals surface area contributed by atoms with Gasteiger partial charge in [0.25, 0.3) is 0 Å². The second-order valence-corrected chi connectivity index (χ2v) is 4.96. The van der Waals surface area contributed by atoms with E-state index in [1.54, 1.807) is 0 Å². The molecule has 1 fully saturated rings. The van der Waals surface area contributed by atoms with E-state index in [4.69, 9.17) is 0 Å². The maximum Gasteiger partial charge on any atom is 0.241 e. The molecule has 0 spiro atoms. The Morgan fingerprint density at radius 3 is 2.47 bits per heavy atom. The summed E-state index contributed by atoms with van der Waals surface area (Å²) in [5.41, 5.74) is 0. The van der Waals surface area contributed by atoms with Gasteiger partial charge in [0.2, 0.25) is 5.91 Å². The summed E-state index contributed by atoms with van der Waals surface area (Å²) < 4.78 is 0. The normalized spacial score (nSPS) is 24.3. The molecule has 0 bridgehead atoms. The smallest absolute Gasteiger partial charge is 0.241 e. The molecule has 1 N–H and O–H groups in total. The molecule has 2 unspecified atom stereocenters. The standard InChI is InChI=1S/C11H23N3O/c1-8(2)10-11(15)14(7-12-10)6-9(3)13(4)5/h8-10,12H,6-7H2,1-5H3. The molecule has 4 nitrogen and oxygen atoms in total. The largest absolute Gasteiger partial charge is 0.327 e. The number of carbonyl (C=O) groups is 1. The second kappa shape index (κ2) is 4.94. The molecule has 88 valence electrons. The minimum Gasteiger partial charge on any atom is -0.327 e. The minimum absolute atomic E-state index is 0.0133. The van der Waals surface area contributed by atoms with Crippen LogP contribution in [0.1, 0.15) is 20.8 Å². The third-order valence-electron chi connectivity index (χ3n) is 3.11. The predicted octanol–water partition coefficient (Wildman–Crippen LogP) is 0.350. The van der Waals surface area contributed by atoms with Gasteiger partial charge in [0.05, 0.1) is 12.7 Å². The van der Waals surface area contributed by atoms with E-state index in [-0.39, 0.29) is 11.9 Å². The molecule has 4 heteroatoms. The molecule has 1 aliphatic heterocycles. The molecule has 1 rings (SSSR count). The van der Waals surface area contributed by atoms with Crippen LogP contribution in [0.15, 0.2) is 0 Å². The third kappa shape index (κ3) is 2.92. The summed E-state index contributed by atoms with van der Waals surface area (Å²) in [5.74, 6) is 0.621. The Morgan fingerprint density at radius 1 is 1.47 bits per heavy atom. The van der Waals surface area contributed by atoms with E-state index < -0.39 is 0 Å². The monoisotopic (exact) mass is 213 g/mol. The second-order valence-electron chi connectivity index (χ2n) is 4.96. The number of hydrogen-bond donors (Lipinski definition) is 1. The van der Waals surface area contributed by atoms with Crippen molar-refractivity contribution >= 4 is 5.91 Å². The maximum atomic E-state index is 11.9. The van der Waals surface area contributed by atoms with E-state index in [0.717, 1.165) is 6.54 Å². The van der Waals surface area contributed by atoms with Gasteiger partial charge in [-0.15, -0.1) is 0 Å². The highest BCUT2D eigenvalue weighted by Gasteiger charge is 2.33. The molecule has 0 aromatic carbocycles. The molecular weight excluding hydrogens is 190 g/mol. The molecule has 0 aromatic heterocycles. The van der Waals surface area contributed by atoms with Gasteiger partial charge in [0, 0.05) is 12.6 Å². The van der Waals surface area contributed by atoms with Crippen LogP contribution in [0.4, 0.5) is 0 Å². The molecule has 1 aliphatic rings. The Hall–Kier alpha value is -0.610. The van der Waals surface area contributed by atoms with Crippen LogP contribution >= 0.6 is 0 Å². The zero-order valence-corrected chi connectivity index (χ0v) is 10.4. The first-order valence-electron chi connectivity index (χ1n) is 5.62. The van der Waals surface area contributed by atoms with E-state index >= 15 is 0 Å². The number of hydrogen-bond acceptors (Lipinski definition) is 3. The first-order chi connectivity index (χ1) is 6.93. The number of nitrogens with one attached hydrogen (secondary N) is 1. The van der Waals surface area contributed by atoms with Crippen LogP contribution in [0.25, 0.3) is 0 Å². The van der Waals surface area contributed by atoms with E-state index in [2.05, 4.69) is 31.0 Å². The predicted molar refractivity (Wildman–Crippen MR) is 61.5 cm³/mol. The SMILES string of the molecule is CC(C)C1NCN(CC(C)N(C)C)C1=O. The fourth-order valence-corrected chi connectivity index (χ4v) is 1.73. The summed E-state index contributed by atoms with van der Waals surface area (Å²) in [6.45, 7) is 7.79. The van der Waals surface area contributed by atoms with Crippen molar-refractivity contribution < 1.29 is 4.79 Å². The lowest BCUT2D eigenvalue weighted by molar-refractivity contribution is -0.130. The molecule has 15 heavy (non-hydrogen) atoms. The topological polar surface area (TPSA) is 35.6 Å². The molecule has 0 radical (unpaired) electrons. The van der Waals surface area contributed by atoms with Crippen molar-refractivity contribution in [2.24, 2.45) is 5.92 Å². The molecule has 1 saturated heterocycles. The average molecular weight is 213 g/mol. The lowest BCUT2D eigenvalue weighted by Gasteiger charge is -2.25. The van der Waals surface area contributed by atoms with Gasteiger partial charge in [-0.05, 0) is 26.9 Å². The van der Waals surface area contributed by atoms with Gasteiger partial charge < -0.3 is 9.80 Å². The van der Waals surface area contributed by atoms with Gasteiger partial charge in [-0.3, -0.25) is 10.1 Å². The minimum atomic E-state index is 0.0133. The summed E-state index contributed by atoms with van der Waals surface area (Å²) >= 11 is 0. The summed E-state index contributed by atoms with van der Waals surface area (Å²) in [6, 6.07) is 0.418. The van der Waals surface area contributed by atoms with Crippen molar-refractivity contribution in [2.45, 2.75) is 32.9 Å². The fourth-order valence-electron chi connectivity index (χ4n) is 1.73. The van der Waals surface area contributed by atoms with Gasteiger partial charge >= 0.3 is 0 Å². The number of rotatable bonds is 4. The van der Waals surface area contributed by atoms with Gasteiger partial charge in [0.1, 0.15) is 0 Å². The van der Waals surface area contributed by atoms with Crippen LogP contribution in [0, 0.1) is 5.92 Å². The Labute approximate surface area is 92.6 Å². The van der Waals surface area contributed by atoms with Crippen LogP contribution < -0.4 is 5.32 Å². The Bertz CT molecular complexity index is 228. The van der Waals surface area contributed by atoms with E-state index in [0.29, 0.717) is 18.6 Å². The fraction of sp³-hybridized carbons (Fsp3) is 0.909. The van der Waals surface area contributed by atoms with Crippen molar-refractivity contribution in [3.05, 3.63) is 0 Å². The lowest BCUT2D eigenvalue weighted by Crippen LogP contribution is -2.41. The quantitative estimate of drug-likeness (QED) is 0.732. The number of amides is 1. The summed E-state index contributed by atoms with van der Waals surface area (Å²) in [5, 5.41) is 3.26. The van der Waals surface area contributed by atoms with Crippen LogP contribution in [0.5, 0.6) is 0 Å². The summed E-state index contributed by atoms with van der Waals surface area (Å²) in [6.07, 6.45) is 0. The maximum absolute atomic E-state index is 11.9. The van der Waals surface area contributed by atoms with E-state index in [1.165, 1.54) is 0 Å². The molecule has 0 aromatic rings.